The topological polar surface area (TPSA) is 0 Å². The normalized spacial score (nSPS) is 26.9. The molecule has 0 N–H and O–H groups in total. The minimum atomic E-state index is -1.05. The first kappa shape index (κ1) is 9.79. The summed E-state index contributed by atoms with van der Waals surface area (Å²) in [5.74, 6) is 0. The molecule has 0 radical (unpaired) electrons. The largest absolute Gasteiger partial charge is 0.118 e. The quantitative estimate of drug-likeness (QED) is 0.376. The van der Waals surface area contributed by atoms with Crippen LogP contribution in [0.3, 0.4) is 0 Å². The average molecular weight is 215 g/mol. The lowest BCUT2D eigenvalue weighted by Crippen LogP contribution is -2.35. The molecule has 74 valence electrons. The van der Waals surface area contributed by atoms with Crippen molar-refractivity contribution in [3.05, 3.63) is 11.6 Å². The highest BCUT2D eigenvalue weighted by Gasteiger charge is 2.56. The summed E-state index contributed by atoms with van der Waals surface area (Å²) in [6.07, 6.45) is 7.73. The van der Waals surface area contributed by atoms with Crippen LogP contribution in [0.15, 0.2) is 11.6 Å². The van der Waals surface area contributed by atoms with E-state index < -0.39 is 8.07 Å². The number of hydrogen-bond acceptors (Lipinski definition) is 0. The van der Waals surface area contributed by atoms with E-state index in [1.54, 1.807) is 5.57 Å². The van der Waals surface area contributed by atoms with E-state index in [0.717, 1.165) is 0 Å². The number of allylic oxidation sites excluding steroid dienone is 2. The minimum absolute atomic E-state index is 0.344. The Labute approximate surface area is 87.4 Å². The summed E-state index contributed by atoms with van der Waals surface area (Å²) in [7, 11) is -1.05. The van der Waals surface area contributed by atoms with Gasteiger partial charge in [0.2, 0.25) is 0 Å². The highest BCUT2D eigenvalue weighted by atomic mass is 35.5. The summed E-state index contributed by atoms with van der Waals surface area (Å²) in [6, 6.07) is 0. The fourth-order valence-electron chi connectivity index (χ4n) is 2.18. The molecule has 2 saturated carbocycles. The SMILES string of the molecule is C[Si](C)(C)C1([C@H](Cl)C=C2CC2)CC1. The van der Waals surface area contributed by atoms with Gasteiger partial charge in [0, 0.05) is 0 Å². The summed E-state index contributed by atoms with van der Waals surface area (Å²) < 4.78 is 0. The van der Waals surface area contributed by atoms with Gasteiger partial charge in [-0.1, -0.05) is 31.3 Å². The molecule has 0 aromatic rings. The lowest BCUT2D eigenvalue weighted by Gasteiger charge is -2.31. The lowest BCUT2D eigenvalue weighted by atomic mass is 10.2. The summed E-state index contributed by atoms with van der Waals surface area (Å²) >= 11 is 6.51. The first-order valence-corrected chi connectivity index (χ1v) is 9.23. The highest BCUT2D eigenvalue weighted by Crippen LogP contribution is 2.65. The standard InChI is InChI=1S/C11H19ClSi/c1-13(2,3)11(6-7-11)10(12)8-9-4-5-9/h8,10H,4-7H2,1-3H3/t10-/m1/s1. The van der Waals surface area contributed by atoms with Crippen molar-refractivity contribution in [2.45, 2.75) is 55.7 Å². The fourth-order valence-corrected chi connectivity index (χ4v) is 6.09. The van der Waals surface area contributed by atoms with Crippen LogP contribution >= 0.6 is 11.6 Å². The molecular weight excluding hydrogens is 196 g/mol. The van der Waals surface area contributed by atoms with Crippen molar-refractivity contribution in [1.29, 1.82) is 0 Å². The van der Waals surface area contributed by atoms with E-state index in [0.29, 0.717) is 10.4 Å². The van der Waals surface area contributed by atoms with E-state index >= 15 is 0 Å². The molecule has 0 nitrogen and oxygen atoms in total. The van der Waals surface area contributed by atoms with Gasteiger partial charge in [-0.15, -0.1) is 11.6 Å². The third-order valence-corrected chi connectivity index (χ3v) is 8.26. The van der Waals surface area contributed by atoms with Crippen LogP contribution in [-0.2, 0) is 0 Å². The summed E-state index contributed by atoms with van der Waals surface area (Å²) in [4.78, 5) is 0. The molecule has 0 bridgehead atoms. The van der Waals surface area contributed by atoms with Crippen LogP contribution in [0.1, 0.15) is 25.7 Å². The van der Waals surface area contributed by atoms with Crippen LogP contribution < -0.4 is 0 Å². The van der Waals surface area contributed by atoms with Gasteiger partial charge in [-0.3, -0.25) is 0 Å². The molecule has 2 aliphatic carbocycles. The maximum absolute atomic E-state index is 6.51. The van der Waals surface area contributed by atoms with Gasteiger partial charge in [0.15, 0.2) is 0 Å². The second-order valence-electron chi connectivity index (χ2n) is 5.63. The molecule has 0 aromatic heterocycles. The molecule has 0 aliphatic heterocycles. The van der Waals surface area contributed by atoms with Gasteiger partial charge in [0.05, 0.1) is 13.5 Å². The molecule has 2 heteroatoms. The number of halogens is 1. The van der Waals surface area contributed by atoms with E-state index in [2.05, 4.69) is 25.7 Å². The van der Waals surface area contributed by atoms with Crippen molar-refractivity contribution in [3.63, 3.8) is 0 Å². The Hall–Kier alpha value is 0.247. The van der Waals surface area contributed by atoms with Gasteiger partial charge in [-0.2, -0.15) is 0 Å². The van der Waals surface area contributed by atoms with Crippen LogP contribution in [-0.4, -0.2) is 13.5 Å². The number of rotatable bonds is 3. The Morgan fingerprint density at radius 2 is 1.85 bits per heavy atom. The predicted octanol–water partition coefficient (Wildman–Crippen LogP) is 4.19. The summed E-state index contributed by atoms with van der Waals surface area (Å²) in [5, 5.41) is 0.890. The van der Waals surface area contributed by atoms with E-state index in [4.69, 9.17) is 11.6 Å². The second-order valence-corrected chi connectivity index (χ2v) is 11.6. The molecule has 2 fully saturated rings. The van der Waals surface area contributed by atoms with E-state index in [1.165, 1.54) is 25.7 Å². The van der Waals surface area contributed by atoms with Gasteiger partial charge in [-0.25, -0.2) is 0 Å². The second kappa shape index (κ2) is 2.87. The smallest absolute Gasteiger partial charge is 0.0551 e. The zero-order valence-electron chi connectivity index (χ0n) is 8.86. The van der Waals surface area contributed by atoms with Crippen molar-refractivity contribution in [1.82, 2.24) is 0 Å². The number of alkyl halides is 1. The van der Waals surface area contributed by atoms with Crippen molar-refractivity contribution in [2.75, 3.05) is 0 Å². The Kier molecular flexibility index (Phi) is 2.16. The van der Waals surface area contributed by atoms with Crippen molar-refractivity contribution in [2.24, 2.45) is 0 Å². The molecule has 0 unspecified atom stereocenters. The van der Waals surface area contributed by atoms with Crippen LogP contribution in [0.2, 0.25) is 24.7 Å². The zero-order valence-corrected chi connectivity index (χ0v) is 10.6. The maximum atomic E-state index is 6.51. The number of hydrogen-bond donors (Lipinski definition) is 0. The molecule has 13 heavy (non-hydrogen) atoms. The van der Waals surface area contributed by atoms with Crippen molar-refractivity contribution >= 4 is 19.7 Å². The fraction of sp³-hybridized carbons (Fsp3) is 0.818. The molecule has 1 atom stereocenters. The van der Waals surface area contributed by atoms with Crippen LogP contribution in [0.5, 0.6) is 0 Å². The van der Waals surface area contributed by atoms with Crippen LogP contribution in [0.4, 0.5) is 0 Å². The van der Waals surface area contributed by atoms with Gasteiger partial charge in [0.25, 0.3) is 0 Å². The Morgan fingerprint density at radius 1 is 1.31 bits per heavy atom. The molecular formula is C11H19ClSi. The highest BCUT2D eigenvalue weighted by molar-refractivity contribution is 6.81. The maximum Gasteiger partial charge on any atom is 0.0551 e. The van der Waals surface area contributed by atoms with Crippen molar-refractivity contribution in [3.8, 4) is 0 Å². The Balaban J connectivity index is 2.10. The molecule has 0 amide bonds. The molecule has 2 rings (SSSR count). The lowest BCUT2D eigenvalue weighted by molar-refractivity contribution is 0.848. The van der Waals surface area contributed by atoms with Gasteiger partial charge in [0.1, 0.15) is 0 Å². The third kappa shape index (κ3) is 1.73. The average Bonchev–Trinajstić information content (AvgIpc) is 2.80. The molecule has 0 spiro atoms. The Morgan fingerprint density at radius 3 is 2.15 bits per heavy atom. The van der Waals surface area contributed by atoms with Gasteiger partial charge in [-0.05, 0) is 30.7 Å². The molecule has 0 heterocycles. The van der Waals surface area contributed by atoms with Crippen LogP contribution in [0, 0.1) is 0 Å². The van der Waals surface area contributed by atoms with Crippen LogP contribution in [0.25, 0.3) is 0 Å². The summed E-state index contributed by atoms with van der Waals surface area (Å²) in [6.45, 7) is 7.38. The molecule has 0 saturated heterocycles. The molecule has 0 aromatic carbocycles. The minimum Gasteiger partial charge on any atom is -0.118 e. The Bertz CT molecular complexity index is 239. The monoisotopic (exact) mass is 214 g/mol. The van der Waals surface area contributed by atoms with E-state index in [9.17, 15) is 0 Å². The predicted molar refractivity (Wildman–Crippen MR) is 62.2 cm³/mol. The van der Waals surface area contributed by atoms with Gasteiger partial charge >= 0.3 is 0 Å². The van der Waals surface area contributed by atoms with E-state index in [1.807, 2.05) is 0 Å². The van der Waals surface area contributed by atoms with Crippen molar-refractivity contribution < 1.29 is 0 Å². The first-order chi connectivity index (χ1) is 5.96. The third-order valence-electron chi connectivity index (χ3n) is 3.73. The first-order valence-electron chi connectivity index (χ1n) is 5.29. The van der Waals surface area contributed by atoms with Gasteiger partial charge < -0.3 is 0 Å². The molecule has 2 aliphatic rings. The zero-order chi connectivity index (χ0) is 9.69. The van der Waals surface area contributed by atoms with E-state index in [-0.39, 0.29) is 0 Å². The summed E-state index contributed by atoms with van der Waals surface area (Å²) in [5.41, 5.74) is 1.60.